The first-order chi connectivity index (χ1) is 8.43. The third-order valence-electron chi connectivity index (χ3n) is 3.29. The summed E-state index contributed by atoms with van der Waals surface area (Å²) in [4.78, 5) is 0. The van der Waals surface area contributed by atoms with Gasteiger partial charge in [-0.15, -0.1) is 0 Å². The van der Waals surface area contributed by atoms with Gasteiger partial charge in [-0.3, -0.25) is 4.68 Å². The topological polar surface area (TPSA) is 64.0 Å². The van der Waals surface area contributed by atoms with Gasteiger partial charge >= 0.3 is 0 Å². The van der Waals surface area contributed by atoms with E-state index in [-0.39, 0.29) is 11.8 Å². The second-order valence-electron chi connectivity index (χ2n) is 4.67. The second kappa shape index (κ2) is 5.30. The van der Waals surface area contributed by atoms with Gasteiger partial charge in [-0.2, -0.15) is 5.10 Å². The lowest BCUT2D eigenvalue weighted by molar-refractivity contribution is 0.532. The fourth-order valence-electron chi connectivity index (χ4n) is 2.21. The van der Waals surface area contributed by atoms with Crippen molar-refractivity contribution < 1.29 is 8.42 Å². The van der Waals surface area contributed by atoms with Gasteiger partial charge in [0, 0.05) is 19.6 Å². The van der Waals surface area contributed by atoms with E-state index in [1.165, 1.54) is 0 Å². The van der Waals surface area contributed by atoms with E-state index in [1.54, 1.807) is 0 Å². The van der Waals surface area contributed by atoms with E-state index >= 15 is 0 Å². The van der Waals surface area contributed by atoms with Gasteiger partial charge in [-0.25, -0.2) is 8.42 Å². The molecule has 0 saturated carbocycles. The Morgan fingerprint density at radius 1 is 1.56 bits per heavy atom. The Labute approximate surface area is 116 Å². The van der Waals surface area contributed by atoms with Gasteiger partial charge in [0.05, 0.1) is 27.4 Å². The molecule has 0 amide bonds. The molecule has 1 unspecified atom stereocenters. The first-order valence-electron chi connectivity index (χ1n) is 6.07. The molecule has 0 bridgehead atoms. The third kappa shape index (κ3) is 2.95. The summed E-state index contributed by atoms with van der Waals surface area (Å²) in [5.74, 6) is 0.556. The molecule has 1 aliphatic heterocycles. The molecule has 2 rings (SSSR count). The lowest BCUT2D eigenvalue weighted by Crippen LogP contribution is -2.30. The number of hydrogen-bond acceptors (Lipinski definition) is 4. The molecule has 2 heterocycles. The number of aryl methyl sites for hydroxylation is 2. The monoisotopic (exact) mass is 335 g/mol. The van der Waals surface area contributed by atoms with E-state index in [0.717, 1.165) is 22.3 Å². The number of sulfone groups is 1. The van der Waals surface area contributed by atoms with E-state index in [1.807, 2.05) is 11.7 Å². The number of aromatic nitrogens is 2. The van der Waals surface area contributed by atoms with Crippen LogP contribution in [0.5, 0.6) is 0 Å². The zero-order valence-corrected chi connectivity index (χ0v) is 13.0. The molecular formula is C11H18BrN3O2S. The van der Waals surface area contributed by atoms with E-state index in [4.69, 9.17) is 0 Å². The van der Waals surface area contributed by atoms with Crippen LogP contribution in [0.1, 0.15) is 24.7 Å². The minimum Gasteiger partial charge on any atom is -0.307 e. The van der Waals surface area contributed by atoms with Crippen LogP contribution in [0.3, 0.4) is 0 Å². The van der Waals surface area contributed by atoms with Crippen LogP contribution >= 0.6 is 15.9 Å². The van der Waals surface area contributed by atoms with Crippen LogP contribution in [0.15, 0.2) is 4.47 Å². The normalized spacial score (nSPS) is 22.5. The van der Waals surface area contributed by atoms with Crippen LogP contribution in [0.2, 0.25) is 0 Å². The van der Waals surface area contributed by atoms with Gasteiger partial charge in [0.2, 0.25) is 0 Å². The Morgan fingerprint density at radius 2 is 2.28 bits per heavy atom. The summed E-state index contributed by atoms with van der Waals surface area (Å²) < 4.78 is 25.6. The number of halogens is 1. The lowest BCUT2D eigenvalue weighted by atomic mass is 10.2. The summed E-state index contributed by atoms with van der Waals surface area (Å²) >= 11 is 3.55. The SMILES string of the molecule is CCc1nn(C)c(CNC2CCS(=O)(=O)C2)c1Br. The highest BCUT2D eigenvalue weighted by atomic mass is 79.9. The summed E-state index contributed by atoms with van der Waals surface area (Å²) in [5, 5.41) is 7.72. The van der Waals surface area contributed by atoms with Gasteiger partial charge in [-0.05, 0) is 28.8 Å². The van der Waals surface area contributed by atoms with Crippen LogP contribution < -0.4 is 5.32 Å². The molecule has 1 fully saturated rings. The van der Waals surface area contributed by atoms with Crippen LogP contribution in [0.25, 0.3) is 0 Å². The maximum atomic E-state index is 11.4. The van der Waals surface area contributed by atoms with Crippen LogP contribution in [-0.4, -0.2) is 35.7 Å². The molecule has 0 radical (unpaired) electrons. The average Bonchev–Trinajstić information content (AvgIpc) is 2.77. The summed E-state index contributed by atoms with van der Waals surface area (Å²) in [5.41, 5.74) is 2.10. The van der Waals surface area contributed by atoms with Gasteiger partial charge in [0.1, 0.15) is 0 Å². The third-order valence-corrected chi connectivity index (χ3v) is 5.98. The highest BCUT2D eigenvalue weighted by Gasteiger charge is 2.27. The van der Waals surface area contributed by atoms with Crippen molar-refractivity contribution in [3.8, 4) is 0 Å². The van der Waals surface area contributed by atoms with Crippen molar-refractivity contribution in [1.29, 1.82) is 0 Å². The number of rotatable bonds is 4. The molecule has 0 aliphatic carbocycles. The highest BCUT2D eigenvalue weighted by Crippen LogP contribution is 2.22. The molecule has 0 aromatic carbocycles. The maximum Gasteiger partial charge on any atom is 0.151 e. The minimum atomic E-state index is -2.82. The van der Waals surface area contributed by atoms with Crippen molar-refractivity contribution in [1.82, 2.24) is 15.1 Å². The predicted molar refractivity (Wildman–Crippen MR) is 74.2 cm³/mol. The van der Waals surface area contributed by atoms with Crippen molar-refractivity contribution in [3.63, 3.8) is 0 Å². The fourth-order valence-corrected chi connectivity index (χ4v) is 4.67. The van der Waals surface area contributed by atoms with E-state index in [9.17, 15) is 8.42 Å². The molecule has 1 aromatic heterocycles. The van der Waals surface area contributed by atoms with Gasteiger partial charge < -0.3 is 5.32 Å². The molecule has 1 atom stereocenters. The standard InChI is InChI=1S/C11H18BrN3O2S/c1-3-9-11(12)10(15(2)14-9)6-13-8-4-5-18(16,17)7-8/h8,13H,3-7H2,1-2H3. The number of hydrogen-bond donors (Lipinski definition) is 1. The minimum absolute atomic E-state index is 0.0712. The zero-order chi connectivity index (χ0) is 13.3. The van der Waals surface area contributed by atoms with Crippen LogP contribution in [0.4, 0.5) is 0 Å². The molecule has 1 N–H and O–H groups in total. The van der Waals surface area contributed by atoms with E-state index < -0.39 is 9.84 Å². The Bertz CT molecular complexity index is 539. The Hall–Kier alpha value is -0.400. The van der Waals surface area contributed by atoms with Crippen molar-refractivity contribution in [3.05, 3.63) is 15.9 Å². The highest BCUT2D eigenvalue weighted by molar-refractivity contribution is 9.10. The number of nitrogens with zero attached hydrogens (tertiary/aromatic N) is 2. The molecule has 18 heavy (non-hydrogen) atoms. The zero-order valence-electron chi connectivity index (χ0n) is 10.6. The Morgan fingerprint density at radius 3 is 2.78 bits per heavy atom. The van der Waals surface area contributed by atoms with Gasteiger partial charge in [0.25, 0.3) is 0 Å². The summed E-state index contributed by atoms with van der Waals surface area (Å²) in [7, 11) is -0.907. The fraction of sp³-hybridized carbons (Fsp3) is 0.727. The van der Waals surface area contributed by atoms with Crippen molar-refractivity contribution in [2.24, 2.45) is 7.05 Å². The van der Waals surface area contributed by atoms with Crippen LogP contribution in [0, 0.1) is 0 Å². The molecule has 1 saturated heterocycles. The molecule has 1 aliphatic rings. The smallest absolute Gasteiger partial charge is 0.151 e. The second-order valence-corrected chi connectivity index (χ2v) is 7.69. The van der Waals surface area contributed by atoms with Gasteiger partial charge in [-0.1, -0.05) is 6.92 Å². The van der Waals surface area contributed by atoms with Crippen LogP contribution in [-0.2, 0) is 29.9 Å². The molecule has 1 aromatic rings. The van der Waals surface area contributed by atoms with Crippen molar-refractivity contribution >= 4 is 25.8 Å². The maximum absolute atomic E-state index is 11.4. The van der Waals surface area contributed by atoms with Crippen molar-refractivity contribution in [2.45, 2.75) is 32.4 Å². The lowest BCUT2D eigenvalue weighted by Gasteiger charge is -2.11. The summed E-state index contributed by atoms with van der Waals surface area (Å²) in [6.45, 7) is 2.71. The molecule has 102 valence electrons. The van der Waals surface area contributed by atoms with E-state index in [2.05, 4.69) is 33.3 Å². The predicted octanol–water partition coefficient (Wildman–Crippen LogP) is 1.02. The molecule has 5 nitrogen and oxygen atoms in total. The molecule has 7 heteroatoms. The van der Waals surface area contributed by atoms with Gasteiger partial charge in [0.15, 0.2) is 9.84 Å². The summed E-state index contributed by atoms with van der Waals surface area (Å²) in [6, 6.07) is 0.0712. The van der Waals surface area contributed by atoms with Crippen molar-refractivity contribution in [2.75, 3.05) is 11.5 Å². The Balaban J connectivity index is 2.01. The largest absolute Gasteiger partial charge is 0.307 e. The average molecular weight is 336 g/mol. The molecular weight excluding hydrogens is 318 g/mol. The summed E-state index contributed by atoms with van der Waals surface area (Å²) in [6.07, 6.45) is 1.59. The number of nitrogens with one attached hydrogen (secondary N) is 1. The quantitative estimate of drug-likeness (QED) is 0.892. The first kappa shape index (κ1) is 14.0. The first-order valence-corrected chi connectivity index (χ1v) is 8.68. The Kier molecular flexibility index (Phi) is 4.13. The van der Waals surface area contributed by atoms with E-state index in [0.29, 0.717) is 18.7 Å². The molecule has 0 spiro atoms.